The zero-order valence-corrected chi connectivity index (χ0v) is 12.9. The van der Waals surface area contributed by atoms with E-state index in [0.29, 0.717) is 0 Å². The molecule has 0 nitrogen and oxygen atoms in total. The van der Waals surface area contributed by atoms with Crippen LogP contribution >= 0.6 is 15.9 Å². The minimum Gasteiger partial charge on any atom is -0.0654 e. The monoisotopic (exact) mass is 314 g/mol. The smallest absolute Gasteiger partial charge is 0.0175 e. The predicted molar refractivity (Wildman–Crippen MR) is 88.1 cm³/mol. The molecule has 0 aliphatic rings. The van der Waals surface area contributed by atoms with Crippen molar-refractivity contribution in [2.45, 2.75) is 26.2 Å². The van der Waals surface area contributed by atoms with Gasteiger partial charge in [0.2, 0.25) is 0 Å². The molecule has 0 bridgehead atoms. The molecule has 0 heterocycles. The van der Waals surface area contributed by atoms with Gasteiger partial charge >= 0.3 is 0 Å². The van der Waals surface area contributed by atoms with Crippen molar-refractivity contribution in [3.05, 3.63) is 69.7 Å². The highest BCUT2D eigenvalue weighted by Gasteiger charge is 1.93. The van der Waals surface area contributed by atoms with Gasteiger partial charge in [0.05, 0.1) is 0 Å². The number of unbranched alkanes of at least 4 members (excludes halogenated alkanes) is 1. The topological polar surface area (TPSA) is 0 Å². The number of rotatable bonds is 5. The molecule has 2 aromatic carbocycles. The number of halogens is 1. The van der Waals surface area contributed by atoms with Crippen LogP contribution in [0.25, 0.3) is 12.2 Å². The maximum Gasteiger partial charge on any atom is 0.0175 e. The molecule has 0 N–H and O–H groups in total. The highest BCUT2D eigenvalue weighted by atomic mass is 79.9. The first-order valence-electron chi connectivity index (χ1n) is 6.80. The van der Waals surface area contributed by atoms with Crippen molar-refractivity contribution in [3.8, 4) is 0 Å². The Bertz CT molecular complexity index is 521. The van der Waals surface area contributed by atoms with E-state index in [2.05, 4.69) is 83.5 Å². The van der Waals surface area contributed by atoms with E-state index < -0.39 is 0 Å². The number of aryl methyl sites for hydroxylation is 1. The molecule has 0 atom stereocenters. The fourth-order valence-corrected chi connectivity index (χ4v) is 2.21. The molecule has 0 spiro atoms. The molecule has 0 fully saturated rings. The van der Waals surface area contributed by atoms with Crippen LogP contribution in [0.2, 0.25) is 0 Å². The van der Waals surface area contributed by atoms with Gasteiger partial charge in [-0.3, -0.25) is 0 Å². The van der Waals surface area contributed by atoms with Gasteiger partial charge in [-0.05, 0) is 41.7 Å². The van der Waals surface area contributed by atoms with Crippen LogP contribution in [-0.2, 0) is 6.42 Å². The van der Waals surface area contributed by atoms with Crippen molar-refractivity contribution >= 4 is 28.1 Å². The fourth-order valence-electron chi connectivity index (χ4n) is 1.94. The number of benzene rings is 2. The summed E-state index contributed by atoms with van der Waals surface area (Å²) in [4.78, 5) is 0. The van der Waals surface area contributed by atoms with Crippen LogP contribution < -0.4 is 0 Å². The predicted octanol–water partition coefficient (Wildman–Crippen LogP) is 5.96. The van der Waals surface area contributed by atoms with E-state index >= 15 is 0 Å². The Balaban J connectivity index is 2.00. The molecule has 0 aliphatic carbocycles. The second-order valence-corrected chi connectivity index (χ2v) is 5.65. The minimum absolute atomic E-state index is 1.12. The summed E-state index contributed by atoms with van der Waals surface area (Å²) in [5, 5.41) is 0. The summed E-state index contributed by atoms with van der Waals surface area (Å²) in [6, 6.07) is 17.2. The lowest BCUT2D eigenvalue weighted by Crippen LogP contribution is -1.84. The Labute approximate surface area is 124 Å². The summed E-state index contributed by atoms with van der Waals surface area (Å²) in [6.45, 7) is 2.23. The molecule has 0 saturated heterocycles. The summed E-state index contributed by atoms with van der Waals surface area (Å²) in [5.41, 5.74) is 3.91. The number of hydrogen-bond donors (Lipinski definition) is 0. The molecular weight excluding hydrogens is 296 g/mol. The van der Waals surface area contributed by atoms with Crippen LogP contribution in [0.1, 0.15) is 36.5 Å². The van der Waals surface area contributed by atoms with Crippen LogP contribution in [0.4, 0.5) is 0 Å². The Morgan fingerprint density at radius 2 is 1.37 bits per heavy atom. The van der Waals surface area contributed by atoms with Gasteiger partial charge in [0, 0.05) is 4.47 Å². The standard InChI is InChI=1S/C18H19Br/c1-2-3-4-15-5-7-16(8-6-15)9-10-17-11-13-18(19)14-12-17/h5-14H,2-4H2,1H3. The Kier molecular flexibility index (Phi) is 5.41. The largest absolute Gasteiger partial charge is 0.0654 e. The second kappa shape index (κ2) is 7.30. The van der Waals surface area contributed by atoms with Crippen molar-refractivity contribution in [1.82, 2.24) is 0 Å². The lowest BCUT2D eigenvalue weighted by atomic mass is 10.1. The molecule has 0 radical (unpaired) electrons. The van der Waals surface area contributed by atoms with Crippen LogP contribution in [0.5, 0.6) is 0 Å². The summed E-state index contributed by atoms with van der Waals surface area (Å²) in [6.07, 6.45) is 8.02. The average molecular weight is 315 g/mol. The highest BCUT2D eigenvalue weighted by molar-refractivity contribution is 9.10. The van der Waals surface area contributed by atoms with Gasteiger partial charge in [-0.1, -0.05) is 77.8 Å². The first-order valence-corrected chi connectivity index (χ1v) is 7.60. The van der Waals surface area contributed by atoms with E-state index in [4.69, 9.17) is 0 Å². The first kappa shape index (κ1) is 14.1. The highest BCUT2D eigenvalue weighted by Crippen LogP contribution is 2.14. The normalized spacial score (nSPS) is 11.1. The van der Waals surface area contributed by atoms with Crippen LogP contribution in [0.15, 0.2) is 53.0 Å². The van der Waals surface area contributed by atoms with E-state index in [-0.39, 0.29) is 0 Å². The van der Waals surface area contributed by atoms with E-state index in [1.54, 1.807) is 0 Å². The molecule has 0 saturated carbocycles. The average Bonchev–Trinajstić information content (AvgIpc) is 2.46. The van der Waals surface area contributed by atoms with E-state index in [1.165, 1.54) is 36.0 Å². The third kappa shape index (κ3) is 4.68. The SMILES string of the molecule is CCCCc1ccc(C=Cc2ccc(Br)cc2)cc1. The van der Waals surface area contributed by atoms with Crippen molar-refractivity contribution in [1.29, 1.82) is 0 Å². The van der Waals surface area contributed by atoms with Crippen LogP contribution in [0.3, 0.4) is 0 Å². The maximum absolute atomic E-state index is 3.45. The van der Waals surface area contributed by atoms with Gasteiger partial charge < -0.3 is 0 Å². The van der Waals surface area contributed by atoms with Crippen LogP contribution in [-0.4, -0.2) is 0 Å². The Morgan fingerprint density at radius 1 is 0.842 bits per heavy atom. The first-order chi connectivity index (χ1) is 9.28. The van der Waals surface area contributed by atoms with Crippen molar-refractivity contribution < 1.29 is 0 Å². The summed E-state index contributed by atoms with van der Waals surface area (Å²) in [5.74, 6) is 0. The van der Waals surface area contributed by atoms with Gasteiger partial charge in [-0.15, -0.1) is 0 Å². The third-order valence-corrected chi connectivity index (χ3v) is 3.67. The second-order valence-electron chi connectivity index (χ2n) is 4.73. The van der Waals surface area contributed by atoms with E-state index in [0.717, 1.165) is 4.47 Å². The summed E-state index contributed by atoms with van der Waals surface area (Å²) >= 11 is 3.45. The zero-order valence-electron chi connectivity index (χ0n) is 11.3. The van der Waals surface area contributed by atoms with Gasteiger partial charge in [0.1, 0.15) is 0 Å². The van der Waals surface area contributed by atoms with Crippen molar-refractivity contribution in [2.24, 2.45) is 0 Å². The lowest BCUT2D eigenvalue weighted by Gasteiger charge is -2.00. The molecule has 0 unspecified atom stereocenters. The Morgan fingerprint density at radius 3 is 1.89 bits per heavy atom. The number of hydrogen-bond acceptors (Lipinski definition) is 0. The van der Waals surface area contributed by atoms with Gasteiger partial charge in [-0.2, -0.15) is 0 Å². The van der Waals surface area contributed by atoms with Gasteiger partial charge in [-0.25, -0.2) is 0 Å². The molecule has 19 heavy (non-hydrogen) atoms. The maximum atomic E-state index is 3.45. The van der Waals surface area contributed by atoms with E-state index in [9.17, 15) is 0 Å². The summed E-state index contributed by atoms with van der Waals surface area (Å²) in [7, 11) is 0. The van der Waals surface area contributed by atoms with Gasteiger partial charge in [0.15, 0.2) is 0 Å². The molecule has 98 valence electrons. The van der Waals surface area contributed by atoms with Crippen molar-refractivity contribution in [3.63, 3.8) is 0 Å². The zero-order chi connectivity index (χ0) is 13.5. The molecule has 0 aliphatic heterocycles. The molecule has 0 aromatic heterocycles. The van der Waals surface area contributed by atoms with Gasteiger partial charge in [0.25, 0.3) is 0 Å². The molecular formula is C18H19Br. The molecule has 2 rings (SSSR count). The third-order valence-electron chi connectivity index (χ3n) is 3.14. The quantitative estimate of drug-likeness (QED) is 0.597. The minimum atomic E-state index is 1.12. The lowest BCUT2D eigenvalue weighted by molar-refractivity contribution is 0.795. The Hall–Kier alpha value is -1.34. The molecule has 1 heteroatoms. The molecule has 2 aromatic rings. The van der Waals surface area contributed by atoms with Crippen LogP contribution in [0, 0.1) is 0 Å². The molecule has 0 amide bonds. The fraction of sp³-hybridized carbons (Fsp3) is 0.222. The van der Waals surface area contributed by atoms with Crippen molar-refractivity contribution in [2.75, 3.05) is 0 Å². The van der Waals surface area contributed by atoms with E-state index in [1.807, 2.05) is 0 Å². The summed E-state index contributed by atoms with van der Waals surface area (Å²) < 4.78 is 1.12.